The number of nitrogens with one attached hydrogen (secondary N) is 1. The van der Waals surface area contributed by atoms with Gasteiger partial charge in [0.1, 0.15) is 0 Å². The molecule has 0 aliphatic carbocycles. The summed E-state index contributed by atoms with van der Waals surface area (Å²) in [4.78, 5) is 14.4. The Hall–Kier alpha value is -1.32. The summed E-state index contributed by atoms with van der Waals surface area (Å²) in [5, 5.41) is 2.84. The smallest absolute Gasteiger partial charge is 0.234 e. The van der Waals surface area contributed by atoms with Gasteiger partial charge in [0.25, 0.3) is 0 Å². The number of halogens is 1. The summed E-state index contributed by atoms with van der Waals surface area (Å²) < 4.78 is 35.3. The predicted molar refractivity (Wildman–Crippen MR) is 113 cm³/mol. The maximum Gasteiger partial charge on any atom is 0.234 e. The van der Waals surface area contributed by atoms with Gasteiger partial charge in [-0.2, -0.15) is 0 Å². The molecule has 1 heterocycles. The molecule has 9 heteroatoms. The average Bonchev–Trinajstić information content (AvgIpc) is 2.96. The Labute approximate surface area is 175 Å². The summed E-state index contributed by atoms with van der Waals surface area (Å²) in [5.74, 6) is 1.39. The lowest BCUT2D eigenvalue weighted by molar-refractivity contribution is -0.122. The van der Waals surface area contributed by atoms with Crippen LogP contribution in [-0.2, 0) is 21.2 Å². The van der Waals surface area contributed by atoms with E-state index in [2.05, 4.69) is 21.2 Å². The van der Waals surface area contributed by atoms with Crippen LogP contribution in [0.1, 0.15) is 32.8 Å². The third kappa shape index (κ3) is 6.63. The van der Waals surface area contributed by atoms with Gasteiger partial charge in [-0.15, -0.1) is 0 Å². The number of hydrogen-bond donors (Lipinski definition) is 1. The van der Waals surface area contributed by atoms with Crippen LogP contribution in [0.25, 0.3) is 0 Å². The molecule has 2 rings (SSSR count). The highest BCUT2D eigenvalue weighted by Gasteiger charge is 2.29. The van der Waals surface area contributed by atoms with Crippen molar-refractivity contribution >= 4 is 31.7 Å². The number of amides is 1. The first-order chi connectivity index (χ1) is 13.3. The van der Waals surface area contributed by atoms with Crippen molar-refractivity contribution in [3.63, 3.8) is 0 Å². The molecule has 1 N–H and O–H groups in total. The lowest BCUT2D eigenvalue weighted by Crippen LogP contribution is -2.42. The summed E-state index contributed by atoms with van der Waals surface area (Å²) >= 11 is 3.58. The van der Waals surface area contributed by atoms with Gasteiger partial charge >= 0.3 is 0 Å². The normalized spacial score (nSPS) is 18.2. The number of carbonyl (C=O) groups is 1. The fraction of sp³-hybridized carbons (Fsp3) is 0.632. The van der Waals surface area contributed by atoms with Crippen LogP contribution in [0.4, 0.5) is 0 Å². The van der Waals surface area contributed by atoms with Crippen LogP contribution in [0.2, 0.25) is 0 Å². The number of rotatable bonds is 10. The number of ether oxygens (including phenoxy) is 2. The van der Waals surface area contributed by atoms with Crippen molar-refractivity contribution in [2.24, 2.45) is 0 Å². The largest absolute Gasteiger partial charge is 0.490 e. The molecule has 0 bridgehead atoms. The minimum atomic E-state index is -3.01. The lowest BCUT2D eigenvalue weighted by atomic mass is 10.2. The summed E-state index contributed by atoms with van der Waals surface area (Å²) in [6.07, 6.45) is 0.488. The minimum absolute atomic E-state index is 0.0347. The summed E-state index contributed by atoms with van der Waals surface area (Å²) in [6, 6.07) is 3.54. The minimum Gasteiger partial charge on any atom is -0.490 e. The van der Waals surface area contributed by atoms with Crippen LogP contribution in [0.15, 0.2) is 16.6 Å². The Balaban J connectivity index is 2.03. The highest BCUT2D eigenvalue weighted by molar-refractivity contribution is 9.10. The Morgan fingerprint density at radius 3 is 2.39 bits per heavy atom. The van der Waals surface area contributed by atoms with Crippen LogP contribution < -0.4 is 14.8 Å². The highest BCUT2D eigenvalue weighted by Crippen LogP contribution is 2.34. The van der Waals surface area contributed by atoms with Crippen molar-refractivity contribution in [2.45, 2.75) is 39.8 Å². The fourth-order valence-electron chi connectivity index (χ4n) is 3.14. The van der Waals surface area contributed by atoms with E-state index in [0.29, 0.717) is 44.2 Å². The molecular formula is C19H29BrN2O5S. The molecule has 0 unspecified atom stereocenters. The molecule has 1 amide bonds. The SMILES string of the molecule is CCOc1cc(Br)c(CN(CC)CC(=O)N[C@@H]2CCS(=O)(=O)C2)cc1OCC. The van der Waals surface area contributed by atoms with Crippen molar-refractivity contribution in [1.82, 2.24) is 10.2 Å². The van der Waals surface area contributed by atoms with Crippen molar-refractivity contribution in [3.8, 4) is 11.5 Å². The van der Waals surface area contributed by atoms with Crippen molar-refractivity contribution in [3.05, 3.63) is 22.2 Å². The number of benzene rings is 1. The molecule has 158 valence electrons. The standard InChI is InChI=1S/C19H29BrN2O5S/c1-4-22(12-19(23)21-15-7-8-28(24,25)13-15)11-14-9-17(26-5-2)18(27-6-3)10-16(14)20/h9-10,15H,4-8,11-13H2,1-3H3,(H,21,23)/t15-/m1/s1. The van der Waals surface area contributed by atoms with Crippen LogP contribution in [0.3, 0.4) is 0 Å². The van der Waals surface area contributed by atoms with Crippen molar-refractivity contribution in [1.29, 1.82) is 0 Å². The van der Waals surface area contributed by atoms with E-state index in [4.69, 9.17) is 9.47 Å². The van der Waals surface area contributed by atoms with Crippen molar-refractivity contribution in [2.75, 3.05) is 37.8 Å². The maximum absolute atomic E-state index is 12.4. The zero-order chi connectivity index (χ0) is 20.7. The summed E-state index contributed by atoms with van der Waals surface area (Å²) in [5.41, 5.74) is 0.991. The molecule has 0 spiro atoms. The second kappa shape index (κ2) is 10.5. The van der Waals surface area contributed by atoms with Gasteiger partial charge in [0, 0.05) is 17.1 Å². The molecule has 1 aromatic rings. The number of nitrogens with zero attached hydrogens (tertiary/aromatic N) is 1. The Kier molecular flexibility index (Phi) is 8.57. The first kappa shape index (κ1) is 23.0. The number of carbonyl (C=O) groups excluding carboxylic acids is 1. The zero-order valence-corrected chi connectivity index (χ0v) is 19.1. The third-order valence-electron chi connectivity index (χ3n) is 4.52. The monoisotopic (exact) mass is 476 g/mol. The first-order valence-electron chi connectivity index (χ1n) is 9.58. The van der Waals surface area contributed by atoms with Gasteiger partial charge in [0.15, 0.2) is 21.3 Å². The van der Waals surface area contributed by atoms with Gasteiger partial charge in [-0.05, 0) is 44.5 Å². The molecule has 7 nitrogen and oxygen atoms in total. The molecular weight excluding hydrogens is 448 g/mol. The average molecular weight is 477 g/mol. The topological polar surface area (TPSA) is 84.9 Å². The molecule has 1 aliphatic rings. The van der Waals surface area contributed by atoms with E-state index < -0.39 is 9.84 Å². The quantitative estimate of drug-likeness (QED) is 0.557. The Bertz CT molecular complexity index is 785. The summed E-state index contributed by atoms with van der Waals surface area (Å²) in [6.45, 7) is 8.35. The summed E-state index contributed by atoms with van der Waals surface area (Å²) in [7, 11) is -3.01. The first-order valence-corrected chi connectivity index (χ1v) is 12.2. The fourth-order valence-corrected chi connectivity index (χ4v) is 5.26. The molecule has 28 heavy (non-hydrogen) atoms. The number of hydrogen-bond acceptors (Lipinski definition) is 6. The number of likely N-dealkylation sites (N-methyl/N-ethyl adjacent to an activating group) is 1. The second-order valence-corrected chi connectivity index (χ2v) is 9.81. The van der Waals surface area contributed by atoms with E-state index in [1.165, 1.54) is 0 Å². The molecule has 0 radical (unpaired) electrons. The van der Waals surface area contributed by atoms with E-state index in [0.717, 1.165) is 10.0 Å². The van der Waals surface area contributed by atoms with Gasteiger partial charge in [0.2, 0.25) is 5.91 Å². The number of sulfone groups is 1. The molecule has 0 saturated carbocycles. The molecule has 0 aromatic heterocycles. The van der Waals surface area contributed by atoms with Gasteiger partial charge in [-0.25, -0.2) is 8.42 Å². The Morgan fingerprint density at radius 2 is 1.86 bits per heavy atom. The molecule has 1 atom stereocenters. The van der Waals surface area contributed by atoms with Gasteiger partial charge in [-0.1, -0.05) is 22.9 Å². The Morgan fingerprint density at radius 1 is 1.21 bits per heavy atom. The van der Waals surface area contributed by atoms with E-state index in [-0.39, 0.29) is 30.0 Å². The molecule has 1 aromatic carbocycles. The van der Waals surface area contributed by atoms with Gasteiger partial charge < -0.3 is 14.8 Å². The van der Waals surface area contributed by atoms with Gasteiger partial charge in [0.05, 0.1) is 31.3 Å². The van der Waals surface area contributed by atoms with Crippen LogP contribution in [0, 0.1) is 0 Å². The van der Waals surface area contributed by atoms with Crippen LogP contribution in [0.5, 0.6) is 11.5 Å². The predicted octanol–water partition coefficient (Wildman–Crippen LogP) is 2.37. The molecule has 1 aliphatic heterocycles. The van der Waals surface area contributed by atoms with E-state index >= 15 is 0 Å². The molecule has 1 saturated heterocycles. The third-order valence-corrected chi connectivity index (χ3v) is 7.02. The second-order valence-electron chi connectivity index (χ2n) is 6.73. The van der Waals surface area contributed by atoms with E-state index in [1.807, 2.05) is 37.8 Å². The van der Waals surface area contributed by atoms with Crippen LogP contribution in [-0.4, -0.2) is 63.1 Å². The van der Waals surface area contributed by atoms with Crippen LogP contribution >= 0.6 is 15.9 Å². The van der Waals surface area contributed by atoms with E-state index in [1.54, 1.807) is 0 Å². The zero-order valence-electron chi connectivity index (χ0n) is 16.7. The highest BCUT2D eigenvalue weighted by atomic mass is 79.9. The lowest BCUT2D eigenvalue weighted by Gasteiger charge is -2.22. The van der Waals surface area contributed by atoms with Gasteiger partial charge in [-0.3, -0.25) is 9.69 Å². The van der Waals surface area contributed by atoms with E-state index in [9.17, 15) is 13.2 Å². The maximum atomic E-state index is 12.4. The van der Waals surface area contributed by atoms with Crippen molar-refractivity contribution < 1.29 is 22.7 Å². The molecule has 1 fully saturated rings.